The summed E-state index contributed by atoms with van der Waals surface area (Å²) in [6, 6.07) is 8.14. The molecule has 2 amide bonds. The average Bonchev–Trinajstić information content (AvgIpc) is 2.78. The monoisotopic (exact) mass is 483 g/mol. The Morgan fingerprint density at radius 1 is 1.19 bits per heavy atom. The van der Waals surface area contributed by atoms with E-state index >= 15 is 0 Å². The highest BCUT2D eigenvalue weighted by Crippen LogP contribution is 2.31. The molecule has 172 valence electrons. The zero-order valence-electron chi connectivity index (χ0n) is 17.8. The summed E-state index contributed by atoms with van der Waals surface area (Å²) in [7, 11) is 2.79. The number of carbonyl (C=O) groups excluding carboxylic acids is 2. The van der Waals surface area contributed by atoms with E-state index in [9.17, 15) is 19.7 Å². The number of nitro benzene ring substituents is 1. The van der Waals surface area contributed by atoms with Crippen molar-refractivity contribution in [2.24, 2.45) is 0 Å². The molecule has 0 radical (unpaired) electrons. The van der Waals surface area contributed by atoms with Gasteiger partial charge in [-0.2, -0.15) is 0 Å². The standard InChI is InChI=1S/C21H23Cl2N3O6/c1-4-17(21(28)24-2)25(11-13-5-7-15(22)16(23)9-13)20(27)12-32-14-6-8-18(26(29)30)19(10-14)31-3/h5-10,17H,4,11-12H2,1-3H3,(H,24,28)/t17-/m1/s1. The molecule has 0 aromatic heterocycles. The summed E-state index contributed by atoms with van der Waals surface area (Å²) in [6.45, 7) is 1.50. The first-order valence-electron chi connectivity index (χ1n) is 9.62. The van der Waals surface area contributed by atoms with Gasteiger partial charge in [0.25, 0.3) is 5.91 Å². The minimum atomic E-state index is -0.739. The molecule has 11 heteroatoms. The molecule has 1 atom stereocenters. The molecule has 1 N–H and O–H groups in total. The van der Waals surface area contributed by atoms with Crippen LogP contribution in [0.1, 0.15) is 18.9 Å². The maximum atomic E-state index is 13.0. The normalized spacial score (nSPS) is 11.4. The van der Waals surface area contributed by atoms with E-state index in [0.717, 1.165) is 0 Å². The van der Waals surface area contributed by atoms with Gasteiger partial charge in [0.1, 0.15) is 11.8 Å². The Labute approximate surface area is 195 Å². The molecule has 2 aromatic carbocycles. The van der Waals surface area contributed by atoms with Crippen LogP contribution < -0.4 is 14.8 Å². The Morgan fingerprint density at radius 3 is 2.47 bits per heavy atom. The van der Waals surface area contributed by atoms with E-state index in [2.05, 4.69) is 5.32 Å². The molecule has 2 rings (SSSR count). The molecule has 0 bridgehead atoms. The molecule has 0 aliphatic rings. The first-order valence-corrected chi connectivity index (χ1v) is 10.4. The summed E-state index contributed by atoms with van der Waals surface area (Å²) >= 11 is 12.1. The van der Waals surface area contributed by atoms with Crippen molar-refractivity contribution in [3.63, 3.8) is 0 Å². The lowest BCUT2D eigenvalue weighted by Crippen LogP contribution is -2.49. The number of carbonyl (C=O) groups is 2. The number of halogens is 2. The van der Waals surface area contributed by atoms with Crippen molar-refractivity contribution in [2.45, 2.75) is 25.9 Å². The first-order chi connectivity index (χ1) is 15.2. The van der Waals surface area contributed by atoms with E-state index in [0.29, 0.717) is 22.0 Å². The van der Waals surface area contributed by atoms with Crippen molar-refractivity contribution in [3.05, 3.63) is 62.1 Å². The van der Waals surface area contributed by atoms with Gasteiger partial charge in [-0.1, -0.05) is 36.2 Å². The summed E-state index contributed by atoms with van der Waals surface area (Å²) in [5, 5.41) is 14.3. The highest BCUT2D eigenvalue weighted by Gasteiger charge is 2.28. The third-order valence-electron chi connectivity index (χ3n) is 4.68. The molecule has 32 heavy (non-hydrogen) atoms. The number of nitrogens with zero attached hydrogens (tertiary/aromatic N) is 2. The van der Waals surface area contributed by atoms with Crippen molar-refractivity contribution in [1.82, 2.24) is 10.2 Å². The number of methoxy groups -OCH3 is 1. The second-order valence-electron chi connectivity index (χ2n) is 6.69. The number of amides is 2. The molecule has 0 aliphatic heterocycles. The summed E-state index contributed by atoms with van der Waals surface area (Å²) in [4.78, 5) is 37.3. The minimum absolute atomic E-state index is 0.00408. The topological polar surface area (TPSA) is 111 Å². The van der Waals surface area contributed by atoms with Crippen LogP contribution in [0.25, 0.3) is 0 Å². The van der Waals surface area contributed by atoms with Gasteiger partial charge >= 0.3 is 5.69 Å². The molecular formula is C21H23Cl2N3O6. The van der Waals surface area contributed by atoms with Crippen molar-refractivity contribution in [3.8, 4) is 11.5 Å². The predicted molar refractivity (Wildman–Crippen MR) is 120 cm³/mol. The number of likely N-dealkylation sites (N-methyl/N-ethyl adjacent to an activating group) is 1. The fraction of sp³-hybridized carbons (Fsp3) is 0.333. The van der Waals surface area contributed by atoms with Gasteiger partial charge in [0.15, 0.2) is 6.61 Å². The van der Waals surface area contributed by atoms with Crippen molar-refractivity contribution >= 4 is 40.7 Å². The summed E-state index contributed by atoms with van der Waals surface area (Å²) < 4.78 is 10.6. The van der Waals surface area contributed by atoms with E-state index < -0.39 is 23.5 Å². The fourth-order valence-corrected chi connectivity index (χ4v) is 3.37. The van der Waals surface area contributed by atoms with Gasteiger partial charge in [-0.3, -0.25) is 19.7 Å². The number of hydrogen-bond acceptors (Lipinski definition) is 6. The minimum Gasteiger partial charge on any atom is -0.490 e. The number of ether oxygens (including phenoxy) is 2. The van der Waals surface area contributed by atoms with Crippen molar-refractivity contribution in [2.75, 3.05) is 20.8 Å². The number of nitro groups is 1. The number of rotatable bonds is 10. The van der Waals surface area contributed by atoms with E-state index in [-0.39, 0.29) is 29.6 Å². The molecule has 0 unspecified atom stereocenters. The molecule has 9 nitrogen and oxygen atoms in total. The molecule has 0 fully saturated rings. The van der Waals surface area contributed by atoms with Gasteiger partial charge in [-0.25, -0.2) is 0 Å². The third kappa shape index (κ3) is 6.24. The third-order valence-corrected chi connectivity index (χ3v) is 5.42. The summed E-state index contributed by atoms with van der Waals surface area (Å²) in [5.74, 6) is -0.561. The van der Waals surface area contributed by atoms with E-state index in [1.54, 1.807) is 25.1 Å². The van der Waals surface area contributed by atoms with Crippen LogP contribution in [-0.2, 0) is 16.1 Å². The molecule has 0 aliphatic carbocycles. The van der Waals surface area contributed by atoms with Crippen LogP contribution in [0, 0.1) is 10.1 Å². The Bertz CT molecular complexity index is 1000. The summed E-state index contributed by atoms with van der Waals surface area (Å²) in [5.41, 5.74) is 0.463. The van der Waals surface area contributed by atoms with Crippen molar-refractivity contribution < 1.29 is 24.0 Å². The summed E-state index contributed by atoms with van der Waals surface area (Å²) in [6.07, 6.45) is 0.373. The van der Waals surface area contributed by atoms with E-state index in [1.165, 1.54) is 37.3 Å². The van der Waals surface area contributed by atoms with Gasteiger partial charge in [0.2, 0.25) is 11.7 Å². The van der Waals surface area contributed by atoms with Crippen LogP contribution in [0.3, 0.4) is 0 Å². The number of hydrogen-bond donors (Lipinski definition) is 1. The Hall–Kier alpha value is -3.04. The van der Waals surface area contributed by atoms with Crippen LogP contribution in [0.2, 0.25) is 10.0 Å². The number of benzene rings is 2. The maximum absolute atomic E-state index is 13.0. The predicted octanol–water partition coefficient (Wildman–Crippen LogP) is 3.84. The van der Waals surface area contributed by atoms with Crippen LogP contribution in [-0.4, -0.2) is 48.4 Å². The zero-order chi connectivity index (χ0) is 23.8. The van der Waals surface area contributed by atoms with Gasteiger partial charge in [0, 0.05) is 25.7 Å². The smallest absolute Gasteiger partial charge is 0.311 e. The Kier molecular flexibility index (Phi) is 9.10. The first kappa shape index (κ1) is 25.2. The maximum Gasteiger partial charge on any atom is 0.311 e. The molecule has 0 saturated heterocycles. The van der Waals surface area contributed by atoms with Crippen LogP contribution in [0.15, 0.2) is 36.4 Å². The Balaban J connectivity index is 2.24. The van der Waals surface area contributed by atoms with Gasteiger partial charge in [-0.15, -0.1) is 0 Å². The highest BCUT2D eigenvalue weighted by molar-refractivity contribution is 6.42. The molecule has 0 spiro atoms. The second-order valence-corrected chi connectivity index (χ2v) is 7.50. The Morgan fingerprint density at radius 2 is 1.91 bits per heavy atom. The quantitative estimate of drug-likeness (QED) is 0.405. The largest absolute Gasteiger partial charge is 0.490 e. The lowest BCUT2D eigenvalue weighted by atomic mass is 10.1. The average molecular weight is 484 g/mol. The second kappa shape index (κ2) is 11.5. The van der Waals surface area contributed by atoms with E-state index in [1.807, 2.05) is 0 Å². The van der Waals surface area contributed by atoms with Crippen LogP contribution in [0.5, 0.6) is 11.5 Å². The van der Waals surface area contributed by atoms with Crippen molar-refractivity contribution in [1.29, 1.82) is 0 Å². The fourth-order valence-electron chi connectivity index (χ4n) is 3.05. The van der Waals surface area contributed by atoms with Gasteiger partial charge in [0.05, 0.1) is 22.1 Å². The van der Waals surface area contributed by atoms with Crippen LogP contribution >= 0.6 is 23.2 Å². The SMILES string of the molecule is CC[C@H](C(=O)NC)N(Cc1ccc(Cl)c(Cl)c1)C(=O)COc1ccc([N+](=O)[O-])c(OC)c1. The molecule has 0 heterocycles. The lowest BCUT2D eigenvalue weighted by Gasteiger charge is -2.30. The molecular weight excluding hydrogens is 461 g/mol. The zero-order valence-corrected chi connectivity index (χ0v) is 19.3. The van der Waals surface area contributed by atoms with Crippen LogP contribution in [0.4, 0.5) is 5.69 Å². The lowest BCUT2D eigenvalue weighted by molar-refractivity contribution is -0.385. The molecule has 0 saturated carbocycles. The highest BCUT2D eigenvalue weighted by atomic mass is 35.5. The number of nitrogens with one attached hydrogen (secondary N) is 1. The van der Waals surface area contributed by atoms with Gasteiger partial charge < -0.3 is 19.7 Å². The van der Waals surface area contributed by atoms with Gasteiger partial charge in [-0.05, 0) is 30.2 Å². The van der Waals surface area contributed by atoms with E-state index in [4.69, 9.17) is 32.7 Å². The molecule has 2 aromatic rings.